The monoisotopic (exact) mass is 260 g/mol. The highest BCUT2D eigenvalue weighted by molar-refractivity contribution is 6.01. The molecule has 1 atom stereocenters. The van der Waals surface area contributed by atoms with Gasteiger partial charge in [0.05, 0.1) is 24.8 Å². The Morgan fingerprint density at radius 3 is 3.16 bits per heavy atom. The molecule has 19 heavy (non-hydrogen) atoms. The van der Waals surface area contributed by atoms with Gasteiger partial charge >= 0.3 is 5.97 Å². The largest absolute Gasteiger partial charge is 0.465 e. The van der Waals surface area contributed by atoms with Gasteiger partial charge in [-0.2, -0.15) is 0 Å². The summed E-state index contributed by atoms with van der Waals surface area (Å²) < 4.78 is 10.3. The van der Waals surface area contributed by atoms with Gasteiger partial charge in [0.1, 0.15) is 11.3 Å². The van der Waals surface area contributed by atoms with Crippen molar-refractivity contribution in [2.45, 2.75) is 18.8 Å². The summed E-state index contributed by atoms with van der Waals surface area (Å²) in [5.41, 5.74) is 2.04. The van der Waals surface area contributed by atoms with E-state index in [2.05, 4.69) is 9.97 Å². The Kier molecular flexibility index (Phi) is 3.21. The fraction of sp³-hybridized carbons (Fsp3) is 0.429. The maximum absolute atomic E-state index is 11.7. The van der Waals surface area contributed by atoms with E-state index in [4.69, 9.17) is 9.47 Å². The van der Waals surface area contributed by atoms with Crippen LogP contribution in [0.1, 0.15) is 34.9 Å². The van der Waals surface area contributed by atoms with Gasteiger partial charge in [-0.15, -0.1) is 0 Å². The molecule has 1 saturated heterocycles. The van der Waals surface area contributed by atoms with Crippen molar-refractivity contribution in [1.29, 1.82) is 0 Å². The second kappa shape index (κ2) is 5.01. The van der Waals surface area contributed by atoms with E-state index in [1.807, 2.05) is 12.1 Å². The van der Waals surface area contributed by atoms with Crippen molar-refractivity contribution in [1.82, 2.24) is 9.97 Å². The Balaban J connectivity index is 2.02. The van der Waals surface area contributed by atoms with Crippen LogP contribution in [-0.4, -0.2) is 36.3 Å². The second-order valence-corrected chi connectivity index (χ2v) is 4.73. The Hall–Kier alpha value is -1.88. The summed E-state index contributed by atoms with van der Waals surface area (Å²) in [7, 11) is 1.38. The topological polar surface area (TPSA) is 64.2 Å². The normalized spacial score (nSPS) is 19.5. The quantitative estimate of drug-likeness (QED) is 0.841. The van der Waals surface area contributed by atoms with Crippen LogP contribution in [0.3, 0.4) is 0 Å². The number of ether oxygens (including phenoxy) is 2. The molecule has 1 aromatic heterocycles. The second-order valence-electron chi connectivity index (χ2n) is 4.73. The summed E-state index contributed by atoms with van der Waals surface area (Å²) in [6.45, 7) is 1.51. The lowest BCUT2D eigenvalue weighted by Gasteiger charge is -2.19. The number of para-hydroxylation sites is 1. The summed E-state index contributed by atoms with van der Waals surface area (Å²) in [4.78, 5) is 19.6. The van der Waals surface area contributed by atoms with Crippen LogP contribution >= 0.6 is 0 Å². The number of hydrogen-bond acceptors (Lipinski definition) is 4. The molecular weight excluding hydrogens is 244 g/mol. The number of carbonyl (C=O) groups is 1. The van der Waals surface area contributed by atoms with Gasteiger partial charge in [-0.1, -0.05) is 6.07 Å². The minimum atomic E-state index is -0.358. The van der Waals surface area contributed by atoms with Crippen LogP contribution in [0.25, 0.3) is 11.0 Å². The highest BCUT2D eigenvalue weighted by Crippen LogP contribution is 2.26. The Labute approximate surface area is 110 Å². The van der Waals surface area contributed by atoms with E-state index in [0.29, 0.717) is 17.7 Å². The van der Waals surface area contributed by atoms with Crippen LogP contribution in [0, 0.1) is 0 Å². The summed E-state index contributed by atoms with van der Waals surface area (Å²) in [5, 5.41) is 0. The van der Waals surface area contributed by atoms with Crippen LogP contribution in [0.4, 0.5) is 0 Å². The highest BCUT2D eigenvalue weighted by Gasteiger charge is 2.21. The summed E-state index contributed by atoms with van der Waals surface area (Å²) in [6, 6.07) is 5.48. The number of nitrogens with one attached hydrogen (secondary N) is 1. The molecule has 0 bridgehead atoms. The van der Waals surface area contributed by atoms with Crippen LogP contribution in [0.5, 0.6) is 0 Å². The van der Waals surface area contributed by atoms with Gasteiger partial charge in [0.2, 0.25) is 0 Å². The zero-order valence-corrected chi connectivity index (χ0v) is 10.8. The first-order valence-electron chi connectivity index (χ1n) is 6.44. The zero-order valence-electron chi connectivity index (χ0n) is 10.8. The lowest BCUT2D eigenvalue weighted by molar-refractivity contribution is 0.0603. The van der Waals surface area contributed by atoms with Gasteiger partial charge in [-0.3, -0.25) is 0 Å². The number of hydrogen-bond donors (Lipinski definition) is 1. The first-order valence-corrected chi connectivity index (χ1v) is 6.44. The van der Waals surface area contributed by atoms with Gasteiger partial charge in [0.15, 0.2) is 0 Å². The average molecular weight is 260 g/mol. The van der Waals surface area contributed by atoms with Gasteiger partial charge in [-0.05, 0) is 25.0 Å². The molecule has 1 unspecified atom stereocenters. The number of aromatic nitrogens is 2. The number of benzene rings is 1. The number of methoxy groups -OCH3 is 1. The average Bonchev–Trinajstić information content (AvgIpc) is 2.91. The highest BCUT2D eigenvalue weighted by atomic mass is 16.5. The van der Waals surface area contributed by atoms with E-state index in [9.17, 15) is 4.79 Å². The molecule has 5 nitrogen and oxygen atoms in total. The molecule has 0 radical (unpaired) electrons. The SMILES string of the molecule is COC(=O)c1cccc2[nH]c(C3CCCOC3)nc12. The maximum atomic E-state index is 11.7. The Morgan fingerprint density at radius 1 is 1.53 bits per heavy atom. The fourth-order valence-corrected chi connectivity index (χ4v) is 2.48. The molecule has 1 N–H and O–H groups in total. The molecule has 3 rings (SSSR count). The molecule has 1 fully saturated rings. The van der Waals surface area contributed by atoms with E-state index in [1.54, 1.807) is 6.07 Å². The molecule has 1 aliphatic heterocycles. The standard InChI is InChI=1S/C14H16N2O3/c1-18-14(17)10-5-2-6-11-12(10)16-13(15-11)9-4-3-7-19-8-9/h2,5-6,9H,3-4,7-8H2,1H3,(H,15,16). The zero-order chi connectivity index (χ0) is 13.2. The van der Waals surface area contributed by atoms with E-state index >= 15 is 0 Å². The van der Waals surface area contributed by atoms with Gasteiger partial charge in [0.25, 0.3) is 0 Å². The predicted octanol–water partition coefficient (Wildman–Crippen LogP) is 2.24. The lowest BCUT2D eigenvalue weighted by Crippen LogP contribution is -2.16. The number of H-pyrrole nitrogens is 1. The number of aromatic amines is 1. The van der Waals surface area contributed by atoms with Crippen molar-refractivity contribution >= 4 is 17.0 Å². The third kappa shape index (κ3) is 2.21. The minimum Gasteiger partial charge on any atom is -0.465 e. The first kappa shape index (κ1) is 12.2. The first-order chi connectivity index (χ1) is 9.29. The molecular formula is C14H16N2O3. The smallest absolute Gasteiger partial charge is 0.340 e. The fourth-order valence-electron chi connectivity index (χ4n) is 2.48. The van der Waals surface area contributed by atoms with Gasteiger partial charge < -0.3 is 14.5 Å². The van der Waals surface area contributed by atoms with Crippen molar-refractivity contribution in [3.63, 3.8) is 0 Å². The van der Waals surface area contributed by atoms with E-state index < -0.39 is 0 Å². The summed E-state index contributed by atoms with van der Waals surface area (Å²) in [5.74, 6) is 0.821. The Morgan fingerprint density at radius 2 is 2.42 bits per heavy atom. The third-order valence-electron chi connectivity index (χ3n) is 3.48. The molecule has 100 valence electrons. The number of rotatable bonds is 2. The summed E-state index contributed by atoms with van der Waals surface area (Å²) >= 11 is 0. The van der Waals surface area contributed by atoms with Crippen molar-refractivity contribution < 1.29 is 14.3 Å². The van der Waals surface area contributed by atoms with Crippen LogP contribution < -0.4 is 0 Å². The molecule has 2 heterocycles. The molecule has 2 aromatic rings. The van der Waals surface area contributed by atoms with Crippen molar-refractivity contribution in [3.8, 4) is 0 Å². The van der Waals surface area contributed by atoms with Crippen LogP contribution in [0.2, 0.25) is 0 Å². The van der Waals surface area contributed by atoms with Crippen molar-refractivity contribution in [2.24, 2.45) is 0 Å². The van der Waals surface area contributed by atoms with Gasteiger partial charge in [0, 0.05) is 12.5 Å². The lowest BCUT2D eigenvalue weighted by atomic mass is 10.0. The molecule has 0 aliphatic carbocycles. The summed E-state index contributed by atoms with van der Waals surface area (Å²) in [6.07, 6.45) is 2.11. The molecule has 0 amide bonds. The molecule has 1 aliphatic rings. The molecule has 0 spiro atoms. The van der Waals surface area contributed by atoms with Gasteiger partial charge in [-0.25, -0.2) is 9.78 Å². The number of nitrogens with zero attached hydrogens (tertiary/aromatic N) is 1. The number of esters is 1. The van der Waals surface area contributed by atoms with Crippen LogP contribution in [-0.2, 0) is 9.47 Å². The number of imidazole rings is 1. The predicted molar refractivity (Wildman–Crippen MR) is 70.2 cm³/mol. The number of fused-ring (bicyclic) bond motifs is 1. The minimum absolute atomic E-state index is 0.284. The maximum Gasteiger partial charge on any atom is 0.340 e. The van der Waals surface area contributed by atoms with E-state index in [1.165, 1.54) is 7.11 Å². The number of carbonyl (C=O) groups excluding carboxylic acids is 1. The van der Waals surface area contributed by atoms with Crippen LogP contribution in [0.15, 0.2) is 18.2 Å². The molecule has 1 aromatic carbocycles. The van der Waals surface area contributed by atoms with Crippen molar-refractivity contribution in [2.75, 3.05) is 20.3 Å². The Bertz CT molecular complexity index is 600. The van der Waals surface area contributed by atoms with Crippen molar-refractivity contribution in [3.05, 3.63) is 29.6 Å². The molecule has 5 heteroatoms. The third-order valence-corrected chi connectivity index (χ3v) is 3.48. The molecule has 0 saturated carbocycles. The van der Waals surface area contributed by atoms with E-state index in [0.717, 1.165) is 30.8 Å². The van der Waals surface area contributed by atoms with E-state index in [-0.39, 0.29) is 11.9 Å².